The SMILES string of the molecule is CCS(=O)C(=O)CCC[C@@](C)(CC(=O)Cc1ccc(F)c(C(F)(F)F)c1)c1nc2cc(F)c(F)cc2n1-c1ccc(C#N)cc1. The summed E-state index contributed by atoms with van der Waals surface area (Å²) in [6.45, 7) is 3.22. The molecule has 0 saturated carbocycles. The number of rotatable bonds is 11. The van der Waals surface area contributed by atoms with Gasteiger partial charge in [-0.05, 0) is 54.8 Å². The Hall–Kier alpha value is -4.31. The molecule has 0 fully saturated rings. The Morgan fingerprint density at radius 3 is 2.27 bits per heavy atom. The number of nitrogens with zero attached hydrogens (tertiary/aromatic N) is 3. The van der Waals surface area contributed by atoms with Crippen molar-refractivity contribution in [2.75, 3.05) is 5.75 Å². The van der Waals surface area contributed by atoms with Crippen molar-refractivity contribution >= 4 is 32.7 Å². The molecule has 0 radical (unpaired) electrons. The van der Waals surface area contributed by atoms with Crippen LogP contribution < -0.4 is 0 Å². The molecule has 0 aliphatic heterocycles. The summed E-state index contributed by atoms with van der Waals surface area (Å²) in [5, 5.41) is 8.75. The van der Waals surface area contributed by atoms with Gasteiger partial charge < -0.3 is 0 Å². The van der Waals surface area contributed by atoms with Crippen molar-refractivity contribution < 1.29 is 40.1 Å². The number of carbonyl (C=O) groups excluding carboxylic acids is 2. The highest BCUT2D eigenvalue weighted by atomic mass is 32.2. The molecule has 236 valence electrons. The lowest BCUT2D eigenvalue weighted by Gasteiger charge is -2.30. The number of alkyl halides is 3. The van der Waals surface area contributed by atoms with Crippen LogP contribution in [-0.4, -0.2) is 30.4 Å². The summed E-state index contributed by atoms with van der Waals surface area (Å²) in [6.07, 6.45) is -5.66. The van der Waals surface area contributed by atoms with Gasteiger partial charge in [-0.15, -0.1) is 0 Å². The molecule has 1 aromatic heterocycles. The number of fused-ring (bicyclic) bond motifs is 1. The summed E-state index contributed by atoms with van der Waals surface area (Å²) in [5.41, 5.74) is -1.95. The lowest BCUT2D eigenvalue weighted by atomic mass is 9.78. The number of aromatic nitrogens is 2. The van der Waals surface area contributed by atoms with Crippen molar-refractivity contribution in [1.29, 1.82) is 5.26 Å². The minimum Gasteiger partial charge on any atom is -0.299 e. The lowest BCUT2D eigenvalue weighted by molar-refractivity contribution is -0.140. The van der Waals surface area contributed by atoms with Gasteiger partial charge >= 0.3 is 6.18 Å². The highest BCUT2D eigenvalue weighted by molar-refractivity contribution is 8.00. The van der Waals surface area contributed by atoms with E-state index >= 15 is 0 Å². The van der Waals surface area contributed by atoms with E-state index in [2.05, 4.69) is 4.98 Å². The van der Waals surface area contributed by atoms with Gasteiger partial charge in [0.15, 0.2) is 11.6 Å². The Labute approximate surface area is 257 Å². The molecule has 0 saturated heterocycles. The van der Waals surface area contributed by atoms with Crippen molar-refractivity contribution in [3.8, 4) is 11.8 Å². The van der Waals surface area contributed by atoms with E-state index in [0.29, 0.717) is 23.4 Å². The summed E-state index contributed by atoms with van der Waals surface area (Å²) in [7, 11) is -1.71. The van der Waals surface area contributed by atoms with Crippen LogP contribution in [0.4, 0.5) is 26.3 Å². The van der Waals surface area contributed by atoms with Gasteiger partial charge in [0, 0.05) is 48.3 Å². The van der Waals surface area contributed by atoms with E-state index in [4.69, 9.17) is 0 Å². The van der Waals surface area contributed by atoms with Crippen molar-refractivity contribution in [2.45, 2.75) is 57.5 Å². The molecule has 4 rings (SSSR count). The van der Waals surface area contributed by atoms with Crippen LogP contribution in [0.2, 0.25) is 0 Å². The van der Waals surface area contributed by atoms with Crippen LogP contribution in [-0.2, 0) is 38.4 Å². The van der Waals surface area contributed by atoms with Crippen LogP contribution in [0, 0.1) is 28.8 Å². The monoisotopic (exact) mass is 647 g/mol. The van der Waals surface area contributed by atoms with E-state index in [1.54, 1.807) is 26.0 Å². The van der Waals surface area contributed by atoms with Crippen molar-refractivity contribution in [3.63, 3.8) is 0 Å². The smallest absolute Gasteiger partial charge is 0.299 e. The highest BCUT2D eigenvalue weighted by Crippen LogP contribution is 2.38. The van der Waals surface area contributed by atoms with Gasteiger partial charge in [-0.1, -0.05) is 19.9 Å². The Morgan fingerprint density at radius 2 is 1.64 bits per heavy atom. The number of hydrogen-bond donors (Lipinski definition) is 0. The molecule has 6 nitrogen and oxygen atoms in total. The number of hydrogen-bond acceptors (Lipinski definition) is 5. The number of Topliss-reactive ketones (excluding diaryl/α,β-unsaturated/α-hetero) is 1. The van der Waals surface area contributed by atoms with Crippen LogP contribution in [0.1, 0.15) is 62.0 Å². The first kappa shape index (κ1) is 33.6. The van der Waals surface area contributed by atoms with Gasteiger partial charge in [-0.2, -0.15) is 18.4 Å². The normalized spacial score (nSPS) is 13.8. The summed E-state index contributed by atoms with van der Waals surface area (Å²) < 4.78 is 96.0. The van der Waals surface area contributed by atoms with Crippen LogP contribution in [0.15, 0.2) is 54.6 Å². The molecule has 0 amide bonds. The first-order chi connectivity index (χ1) is 21.2. The molecule has 0 aliphatic carbocycles. The molecule has 0 N–H and O–H groups in total. The first-order valence-corrected chi connectivity index (χ1v) is 15.2. The largest absolute Gasteiger partial charge is 0.419 e. The predicted molar refractivity (Wildman–Crippen MR) is 155 cm³/mol. The summed E-state index contributed by atoms with van der Waals surface area (Å²) in [6, 6.07) is 12.2. The average Bonchev–Trinajstić information content (AvgIpc) is 3.36. The number of benzene rings is 3. The predicted octanol–water partition coefficient (Wildman–Crippen LogP) is 7.26. The molecule has 0 spiro atoms. The van der Waals surface area contributed by atoms with E-state index in [9.17, 15) is 45.4 Å². The van der Waals surface area contributed by atoms with Gasteiger partial charge in [-0.3, -0.25) is 18.4 Å². The second kappa shape index (κ2) is 13.4. The fourth-order valence-electron chi connectivity index (χ4n) is 5.23. The maximum Gasteiger partial charge on any atom is 0.419 e. The van der Waals surface area contributed by atoms with Crippen LogP contribution >= 0.6 is 0 Å². The second-order valence-corrected chi connectivity index (χ2v) is 12.5. The molecular weight excluding hydrogens is 620 g/mol. The fourth-order valence-corrected chi connectivity index (χ4v) is 5.92. The number of nitriles is 1. The molecular formula is C32H27F6N3O3S. The van der Waals surface area contributed by atoms with E-state index in [1.165, 1.54) is 16.7 Å². The molecule has 0 bridgehead atoms. The second-order valence-electron chi connectivity index (χ2n) is 10.8. The minimum atomic E-state index is -4.97. The first-order valence-electron chi connectivity index (χ1n) is 13.8. The number of carbonyl (C=O) groups is 2. The fraction of sp³-hybridized carbons (Fsp3) is 0.312. The summed E-state index contributed by atoms with van der Waals surface area (Å²) in [4.78, 5) is 30.4. The van der Waals surface area contributed by atoms with E-state index < -0.39 is 62.7 Å². The Kier molecular flexibility index (Phi) is 9.97. The maximum absolute atomic E-state index is 14.5. The maximum atomic E-state index is 14.5. The summed E-state index contributed by atoms with van der Waals surface area (Å²) >= 11 is 0. The molecule has 45 heavy (non-hydrogen) atoms. The quantitative estimate of drug-likeness (QED) is 0.160. The van der Waals surface area contributed by atoms with E-state index in [1.807, 2.05) is 6.07 Å². The zero-order chi connectivity index (χ0) is 33.1. The molecule has 13 heteroatoms. The van der Waals surface area contributed by atoms with Crippen LogP contribution in [0.3, 0.4) is 0 Å². The molecule has 2 atom stereocenters. The van der Waals surface area contributed by atoms with Crippen LogP contribution in [0.25, 0.3) is 16.7 Å². The number of halogens is 6. The van der Waals surface area contributed by atoms with E-state index in [-0.39, 0.29) is 53.9 Å². The van der Waals surface area contributed by atoms with Crippen LogP contribution in [0.5, 0.6) is 0 Å². The third kappa shape index (κ3) is 7.50. The lowest BCUT2D eigenvalue weighted by Crippen LogP contribution is -2.30. The number of ketones is 1. The molecule has 4 aromatic rings. The Morgan fingerprint density at radius 1 is 0.978 bits per heavy atom. The summed E-state index contributed by atoms with van der Waals surface area (Å²) in [5.74, 6) is -4.06. The zero-order valence-electron chi connectivity index (χ0n) is 24.2. The van der Waals surface area contributed by atoms with Gasteiger partial charge in [-0.25, -0.2) is 18.2 Å². The molecule has 1 heterocycles. The molecule has 0 aliphatic rings. The van der Waals surface area contributed by atoms with Crippen molar-refractivity contribution in [2.24, 2.45) is 0 Å². The number of imidazole rings is 1. The van der Waals surface area contributed by atoms with Gasteiger partial charge in [0.1, 0.15) is 17.4 Å². The zero-order valence-corrected chi connectivity index (χ0v) is 25.0. The van der Waals surface area contributed by atoms with E-state index in [0.717, 1.165) is 18.2 Å². The molecule has 1 unspecified atom stereocenters. The highest BCUT2D eigenvalue weighted by Gasteiger charge is 2.37. The Balaban J connectivity index is 1.81. The van der Waals surface area contributed by atoms with Crippen molar-refractivity contribution in [3.05, 3.63) is 94.6 Å². The molecule has 3 aromatic carbocycles. The van der Waals surface area contributed by atoms with Gasteiger partial charge in [0.05, 0.1) is 39.0 Å². The van der Waals surface area contributed by atoms with Gasteiger partial charge in [0.2, 0.25) is 5.12 Å². The third-order valence-corrected chi connectivity index (χ3v) is 8.68. The minimum absolute atomic E-state index is 0.0449. The Bertz CT molecular complexity index is 1830. The van der Waals surface area contributed by atoms with Crippen molar-refractivity contribution in [1.82, 2.24) is 9.55 Å². The standard InChI is InChI=1S/C32H27F6N3O3S/c1-3-45(44)29(43)5-4-12-31(2,17-22(42)13-20-8-11-24(33)23(14-20)32(36,37)38)30-40-27-15-25(34)26(35)16-28(27)41(30)21-9-6-19(18-39)7-10-21/h6-11,14-16H,3-5,12-13,17H2,1-2H3/t31-,45?/m0/s1. The topological polar surface area (TPSA) is 92.8 Å². The average molecular weight is 648 g/mol. The van der Waals surface area contributed by atoms with Gasteiger partial charge in [0.25, 0.3) is 0 Å². The third-order valence-electron chi connectivity index (χ3n) is 7.44.